The smallest absolute Gasteiger partial charge is 0.404 e. The van der Waals surface area contributed by atoms with Crippen molar-refractivity contribution in [3.63, 3.8) is 0 Å². The molecule has 0 aromatic carbocycles. The van der Waals surface area contributed by atoms with Gasteiger partial charge in [-0.15, -0.1) is 0 Å². The van der Waals surface area contributed by atoms with Crippen molar-refractivity contribution in [2.45, 2.75) is 25.0 Å². The molecule has 3 N–H and O–H groups in total. The summed E-state index contributed by atoms with van der Waals surface area (Å²) in [6.07, 6.45) is 1.62. The number of carboxylic acid groups (broad SMARTS) is 1. The van der Waals surface area contributed by atoms with E-state index >= 15 is 0 Å². The summed E-state index contributed by atoms with van der Waals surface area (Å²) < 4.78 is 6.49. The zero-order chi connectivity index (χ0) is 13.5. The number of nitrogens with zero attached hydrogens (tertiary/aromatic N) is 2. The molecule has 1 aromatic rings. The first-order valence-corrected chi connectivity index (χ1v) is 6.34. The molecule has 7 nitrogen and oxygen atoms in total. The Morgan fingerprint density at radius 2 is 2.33 bits per heavy atom. The lowest BCUT2D eigenvalue weighted by Gasteiger charge is -2.10. The summed E-state index contributed by atoms with van der Waals surface area (Å²) in [4.78, 5) is 25.1. The van der Waals surface area contributed by atoms with Crippen LogP contribution >= 0.6 is 11.8 Å². The molecule has 0 saturated carbocycles. The van der Waals surface area contributed by atoms with Gasteiger partial charge in [0.25, 0.3) is 0 Å². The number of carbonyl (C=O) groups excluding carboxylic acids is 1. The number of hydrogen-bond acceptors (Lipinski definition) is 5. The number of ether oxygens (including phenoxy) is 1. The van der Waals surface area contributed by atoms with Crippen LogP contribution in [0.5, 0.6) is 0 Å². The highest BCUT2D eigenvalue weighted by atomic mass is 32.2. The molecule has 1 rings (SSSR count). The van der Waals surface area contributed by atoms with E-state index in [1.165, 1.54) is 0 Å². The third-order valence-electron chi connectivity index (χ3n) is 2.15. The number of carboxylic acids is 1. The lowest BCUT2D eigenvalue weighted by molar-refractivity contribution is -0.133. The molecular weight excluding hydrogens is 258 g/mol. The predicted octanol–water partition coefficient (Wildman–Crippen LogP) is 0.718. The van der Waals surface area contributed by atoms with E-state index in [0.29, 0.717) is 11.7 Å². The van der Waals surface area contributed by atoms with Crippen molar-refractivity contribution in [3.8, 4) is 0 Å². The zero-order valence-corrected chi connectivity index (χ0v) is 10.8. The molecule has 0 saturated heterocycles. The van der Waals surface area contributed by atoms with Crippen molar-refractivity contribution in [3.05, 3.63) is 11.9 Å². The fourth-order valence-corrected chi connectivity index (χ4v) is 2.14. The maximum absolute atomic E-state index is 10.5. The molecule has 0 aliphatic carbocycles. The highest BCUT2D eigenvalue weighted by Crippen LogP contribution is 2.18. The van der Waals surface area contributed by atoms with Gasteiger partial charge in [-0.3, -0.25) is 4.79 Å². The number of imidazole rings is 1. The number of rotatable bonds is 7. The Kier molecular flexibility index (Phi) is 5.50. The normalized spacial score (nSPS) is 10.3. The Morgan fingerprint density at radius 3 is 2.89 bits per heavy atom. The van der Waals surface area contributed by atoms with Gasteiger partial charge < -0.3 is 20.1 Å². The SMILES string of the molecule is CCc1cnc(SCC(=O)O)n1CCOC(N)=O. The molecular formula is C10H15N3O4S. The van der Waals surface area contributed by atoms with E-state index < -0.39 is 12.1 Å². The fraction of sp³-hybridized carbons (Fsp3) is 0.500. The number of primary amides is 1. The van der Waals surface area contributed by atoms with Gasteiger partial charge in [0, 0.05) is 11.9 Å². The number of aromatic nitrogens is 2. The minimum absolute atomic E-state index is 0.0587. The third kappa shape index (κ3) is 4.28. The molecule has 100 valence electrons. The third-order valence-corrected chi connectivity index (χ3v) is 3.12. The Bertz CT molecular complexity index is 433. The van der Waals surface area contributed by atoms with E-state index in [-0.39, 0.29) is 12.4 Å². The highest BCUT2D eigenvalue weighted by molar-refractivity contribution is 7.99. The first-order chi connectivity index (χ1) is 8.54. The van der Waals surface area contributed by atoms with Gasteiger partial charge in [0.2, 0.25) is 0 Å². The van der Waals surface area contributed by atoms with Gasteiger partial charge in [0.05, 0.1) is 12.3 Å². The summed E-state index contributed by atoms with van der Waals surface area (Å²) in [5.41, 5.74) is 5.82. The molecule has 1 heterocycles. The predicted molar refractivity (Wildman–Crippen MR) is 65.5 cm³/mol. The number of aliphatic carboxylic acids is 1. The van der Waals surface area contributed by atoms with Crippen molar-refractivity contribution in [1.29, 1.82) is 0 Å². The summed E-state index contributed by atoms with van der Waals surface area (Å²) in [5, 5.41) is 9.23. The monoisotopic (exact) mass is 273 g/mol. The van der Waals surface area contributed by atoms with Crippen LogP contribution in [0.15, 0.2) is 11.4 Å². The maximum atomic E-state index is 10.5. The molecule has 0 spiro atoms. The lowest BCUT2D eigenvalue weighted by atomic mass is 10.3. The van der Waals surface area contributed by atoms with E-state index in [9.17, 15) is 9.59 Å². The number of nitrogens with two attached hydrogens (primary N) is 1. The van der Waals surface area contributed by atoms with Crippen LogP contribution in [0.4, 0.5) is 4.79 Å². The number of aryl methyl sites for hydroxylation is 1. The van der Waals surface area contributed by atoms with Crippen LogP contribution in [0.3, 0.4) is 0 Å². The standard InChI is InChI=1S/C10H15N3O4S/c1-2-7-5-12-10(18-6-8(14)15)13(7)3-4-17-9(11)16/h5H,2-4,6H2,1H3,(H2,11,16)(H,14,15). The minimum atomic E-state index is -0.902. The van der Waals surface area contributed by atoms with E-state index in [4.69, 9.17) is 10.8 Å². The fourth-order valence-electron chi connectivity index (χ4n) is 1.39. The number of amides is 1. The van der Waals surface area contributed by atoms with Crippen molar-refractivity contribution in [2.24, 2.45) is 5.73 Å². The Hall–Kier alpha value is -1.70. The van der Waals surface area contributed by atoms with Gasteiger partial charge in [0.15, 0.2) is 5.16 Å². The van der Waals surface area contributed by atoms with Crippen LogP contribution in [0.25, 0.3) is 0 Å². The summed E-state index contributed by atoms with van der Waals surface area (Å²) in [7, 11) is 0. The Balaban J connectivity index is 2.68. The molecule has 8 heteroatoms. The van der Waals surface area contributed by atoms with E-state index in [0.717, 1.165) is 23.9 Å². The molecule has 18 heavy (non-hydrogen) atoms. The van der Waals surface area contributed by atoms with Crippen LogP contribution in [-0.2, 0) is 22.5 Å². The van der Waals surface area contributed by atoms with Gasteiger partial charge >= 0.3 is 12.1 Å². The van der Waals surface area contributed by atoms with E-state index in [2.05, 4.69) is 9.72 Å². The molecule has 0 aliphatic rings. The molecule has 1 aromatic heterocycles. The molecule has 0 unspecified atom stereocenters. The number of thioether (sulfide) groups is 1. The van der Waals surface area contributed by atoms with Crippen molar-refractivity contribution in [2.75, 3.05) is 12.4 Å². The average Bonchev–Trinajstić information content (AvgIpc) is 2.68. The van der Waals surface area contributed by atoms with Crippen LogP contribution in [0, 0.1) is 0 Å². The van der Waals surface area contributed by atoms with Gasteiger partial charge in [0.1, 0.15) is 6.61 Å². The molecule has 0 fully saturated rings. The molecule has 0 atom stereocenters. The highest BCUT2D eigenvalue weighted by Gasteiger charge is 2.11. The molecule has 1 amide bonds. The van der Waals surface area contributed by atoms with Crippen LogP contribution < -0.4 is 5.73 Å². The van der Waals surface area contributed by atoms with Crippen molar-refractivity contribution >= 4 is 23.8 Å². The average molecular weight is 273 g/mol. The van der Waals surface area contributed by atoms with Gasteiger partial charge in [-0.2, -0.15) is 0 Å². The van der Waals surface area contributed by atoms with Crippen molar-refractivity contribution < 1.29 is 19.4 Å². The Labute approximate surface area is 108 Å². The van der Waals surface area contributed by atoms with E-state index in [1.54, 1.807) is 6.20 Å². The molecule has 0 radical (unpaired) electrons. The van der Waals surface area contributed by atoms with Crippen LogP contribution in [-0.4, -0.2) is 39.1 Å². The molecule has 0 bridgehead atoms. The van der Waals surface area contributed by atoms with Gasteiger partial charge in [-0.1, -0.05) is 18.7 Å². The van der Waals surface area contributed by atoms with E-state index in [1.807, 2.05) is 11.5 Å². The summed E-state index contributed by atoms with van der Waals surface area (Å²) in [5.74, 6) is -0.961. The number of carbonyl (C=O) groups is 2. The second-order valence-electron chi connectivity index (χ2n) is 3.39. The zero-order valence-electron chi connectivity index (χ0n) is 9.96. The quantitative estimate of drug-likeness (QED) is 0.709. The topological polar surface area (TPSA) is 107 Å². The summed E-state index contributed by atoms with van der Waals surface area (Å²) >= 11 is 1.13. The Morgan fingerprint density at radius 1 is 1.61 bits per heavy atom. The van der Waals surface area contributed by atoms with Crippen LogP contribution in [0.1, 0.15) is 12.6 Å². The molecule has 0 aliphatic heterocycles. The lowest BCUT2D eigenvalue weighted by Crippen LogP contribution is -2.18. The summed E-state index contributed by atoms with van der Waals surface area (Å²) in [6.45, 7) is 2.52. The maximum Gasteiger partial charge on any atom is 0.404 e. The van der Waals surface area contributed by atoms with Gasteiger partial charge in [-0.25, -0.2) is 9.78 Å². The summed E-state index contributed by atoms with van der Waals surface area (Å²) in [6, 6.07) is 0. The van der Waals surface area contributed by atoms with Crippen LogP contribution in [0.2, 0.25) is 0 Å². The second-order valence-corrected chi connectivity index (χ2v) is 4.33. The largest absolute Gasteiger partial charge is 0.481 e. The number of hydrogen-bond donors (Lipinski definition) is 2. The first kappa shape index (κ1) is 14.4. The van der Waals surface area contributed by atoms with Gasteiger partial charge in [-0.05, 0) is 6.42 Å². The van der Waals surface area contributed by atoms with Crippen molar-refractivity contribution in [1.82, 2.24) is 9.55 Å². The second kappa shape index (κ2) is 6.90. The minimum Gasteiger partial charge on any atom is -0.481 e. The first-order valence-electron chi connectivity index (χ1n) is 5.35.